The van der Waals surface area contributed by atoms with E-state index in [9.17, 15) is 26.4 Å². The van der Waals surface area contributed by atoms with Crippen LogP contribution in [0.15, 0.2) is 47.4 Å². The van der Waals surface area contributed by atoms with Crippen LogP contribution in [0, 0.1) is 6.92 Å². The lowest BCUT2D eigenvalue weighted by Crippen LogP contribution is -2.34. The Balaban J connectivity index is 2.03. The van der Waals surface area contributed by atoms with E-state index in [0.29, 0.717) is 16.9 Å². The molecule has 0 aliphatic rings. The van der Waals surface area contributed by atoms with Gasteiger partial charge in [-0.3, -0.25) is 9.52 Å². The SMILES string of the molecule is COc1ccc(S(=O)(=O)Nc2ccc(CC(=O)NCC(F)(F)F)cc2)cc1C. The van der Waals surface area contributed by atoms with E-state index in [0.717, 1.165) is 0 Å². The molecule has 0 spiro atoms. The summed E-state index contributed by atoms with van der Waals surface area (Å²) in [5, 5.41) is 1.77. The number of methoxy groups -OCH3 is 1. The van der Waals surface area contributed by atoms with Crippen molar-refractivity contribution in [1.82, 2.24) is 5.32 Å². The van der Waals surface area contributed by atoms with Crippen molar-refractivity contribution in [1.29, 1.82) is 0 Å². The third-order valence-corrected chi connectivity index (χ3v) is 5.11. The molecule has 1 amide bonds. The number of benzene rings is 2. The van der Waals surface area contributed by atoms with E-state index in [1.165, 1.54) is 43.5 Å². The van der Waals surface area contributed by atoms with Gasteiger partial charge in [-0.1, -0.05) is 12.1 Å². The molecule has 0 saturated heterocycles. The predicted octanol–water partition coefficient (Wildman–Crippen LogP) is 3.03. The van der Waals surface area contributed by atoms with Crippen molar-refractivity contribution in [2.24, 2.45) is 0 Å². The zero-order chi connectivity index (χ0) is 20.9. The quantitative estimate of drug-likeness (QED) is 0.727. The smallest absolute Gasteiger partial charge is 0.405 e. The van der Waals surface area contributed by atoms with E-state index in [1.807, 2.05) is 0 Å². The van der Waals surface area contributed by atoms with E-state index in [4.69, 9.17) is 4.74 Å². The highest BCUT2D eigenvalue weighted by Gasteiger charge is 2.27. The van der Waals surface area contributed by atoms with Gasteiger partial charge in [0.1, 0.15) is 12.3 Å². The monoisotopic (exact) mass is 416 g/mol. The number of halogens is 3. The Morgan fingerprint density at radius 3 is 2.29 bits per heavy atom. The Labute approximate surface area is 160 Å². The van der Waals surface area contributed by atoms with E-state index in [2.05, 4.69) is 4.72 Å². The number of sulfonamides is 1. The van der Waals surface area contributed by atoms with Crippen molar-refractivity contribution >= 4 is 21.6 Å². The molecule has 0 aliphatic heterocycles. The Morgan fingerprint density at radius 2 is 1.75 bits per heavy atom. The van der Waals surface area contributed by atoms with E-state index < -0.39 is 28.7 Å². The molecular weight excluding hydrogens is 397 g/mol. The molecule has 0 heterocycles. The molecule has 0 fully saturated rings. The second-order valence-corrected chi connectivity index (χ2v) is 7.68. The second-order valence-electron chi connectivity index (χ2n) is 6.00. The predicted molar refractivity (Wildman–Crippen MR) is 97.8 cm³/mol. The number of carbonyl (C=O) groups is 1. The van der Waals surface area contributed by atoms with Crippen LogP contribution in [0.4, 0.5) is 18.9 Å². The lowest BCUT2D eigenvalue weighted by Gasteiger charge is -2.11. The summed E-state index contributed by atoms with van der Waals surface area (Å²) in [4.78, 5) is 11.6. The summed E-state index contributed by atoms with van der Waals surface area (Å²) in [6, 6.07) is 10.2. The van der Waals surface area contributed by atoms with E-state index in [1.54, 1.807) is 18.3 Å². The first-order chi connectivity index (χ1) is 13.0. The molecule has 0 saturated carbocycles. The van der Waals surface area contributed by atoms with E-state index in [-0.39, 0.29) is 17.0 Å². The van der Waals surface area contributed by atoms with Crippen LogP contribution in [0.25, 0.3) is 0 Å². The Morgan fingerprint density at radius 1 is 1.11 bits per heavy atom. The minimum absolute atomic E-state index is 0.0569. The van der Waals surface area contributed by atoms with Gasteiger partial charge in [-0.05, 0) is 48.4 Å². The standard InChI is InChI=1S/C18H19F3N2O4S/c1-12-9-15(7-8-16(12)27-2)28(25,26)23-14-5-3-13(4-6-14)10-17(24)22-11-18(19,20)21/h3-9,23H,10-11H2,1-2H3,(H,22,24). The molecule has 0 bridgehead atoms. The van der Waals surface area contributed by atoms with Gasteiger partial charge in [0.25, 0.3) is 10.0 Å². The lowest BCUT2D eigenvalue weighted by molar-refractivity contribution is -0.138. The number of amides is 1. The summed E-state index contributed by atoms with van der Waals surface area (Å²) in [5.41, 5.74) is 1.36. The maximum atomic E-state index is 12.5. The fourth-order valence-corrected chi connectivity index (χ4v) is 3.51. The summed E-state index contributed by atoms with van der Waals surface area (Å²) >= 11 is 0. The highest BCUT2D eigenvalue weighted by molar-refractivity contribution is 7.92. The number of rotatable bonds is 7. The van der Waals surface area contributed by atoms with Gasteiger partial charge in [-0.25, -0.2) is 8.42 Å². The van der Waals surface area contributed by atoms with Gasteiger partial charge in [-0.2, -0.15) is 13.2 Å². The number of hydrogen-bond donors (Lipinski definition) is 2. The second kappa shape index (κ2) is 8.51. The Bertz CT molecular complexity index is 942. The van der Waals surface area contributed by atoms with Crippen molar-refractivity contribution in [3.63, 3.8) is 0 Å². The molecule has 2 aromatic rings. The highest BCUT2D eigenvalue weighted by Crippen LogP contribution is 2.23. The number of anilines is 1. The summed E-state index contributed by atoms with van der Waals surface area (Å²) in [6.45, 7) is 0.321. The van der Waals surface area contributed by atoms with Crippen LogP contribution < -0.4 is 14.8 Å². The first kappa shape index (κ1) is 21.5. The average molecular weight is 416 g/mol. The largest absolute Gasteiger partial charge is 0.496 e. The minimum atomic E-state index is -4.47. The van der Waals surface area contributed by atoms with Crippen molar-refractivity contribution in [3.05, 3.63) is 53.6 Å². The summed E-state index contributed by atoms with van der Waals surface area (Å²) in [5.74, 6) is -0.216. The maximum Gasteiger partial charge on any atom is 0.405 e. The van der Waals surface area contributed by atoms with Crippen LogP contribution in [0.3, 0.4) is 0 Å². The molecule has 0 atom stereocenters. The number of nitrogens with one attached hydrogen (secondary N) is 2. The van der Waals surface area contributed by atoms with Crippen LogP contribution >= 0.6 is 0 Å². The summed E-state index contributed by atoms with van der Waals surface area (Å²) in [7, 11) is -2.35. The first-order valence-corrected chi connectivity index (χ1v) is 9.58. The number of ether oxygens (including phenoxy) is 1. The molecule has 0 radical (unpaired) electrons. The van der Waals surface area contributed by atoms with E-state index >= 15 is 0 Å². The van der Waals surface area contributed by atoms with Crippen LogP contribution in [0.2, 0.25) is 0 Å². The number of hydrogen-bond acceptors (Lipinski definition) is 4. The molecule has 2 rings (SSSR count). The first-order valence-electron chi connectivity index (χ1n) is 8.10. The van der Waals surface area contributed by atoms with Crippen molar-refractivity contribution in [3.8, 4) is 5.75 Å². The zero-order valence-corrected chi connectivity index (χ0v) is 15.9. The molecular formula is C18H19F3N2O4S. The van der Waals surface area contributed by atoms with Crippen LogP contribution in [0.5, 0.6) is 5.75 Å². The Hall–Kier alpha value is -2.75. The van der Waals surface area contributed by atoms with Crippen LogP contribution in [0.1, 0.15) is 11.1 Å². The van der Waals surface area contributed by atoms with Gasteiger partial charge in [0.05, 0.1) is 18.4 Å². The fraction of sp³-hybridized carbons (Fsp3) is 0.278. The molecule has 0 aromatic heterocycles. The topological polar surface area (TPSA) is 84.5 Å². The molecule has 0 aliphatic carbocycles. The molecule has 28 heavy (non-hydrogen) atoms. The number of alkyl halides is 3. The third kappa shape index (κ3) is 6.15. The molecule has 2 aromatic carbocycles. The van der Waals surface area contributed by atoms with Crippen LogP contribution in [-0.4, -0.2) is 34.2 Å². The van der Waals surface area contributed by atoms with Gasteiger partial charge in [-0.15, -0.1) is 0 Å². The minimum Gasteiger partial charge on any atom is -0.496 e. The third-order valence-electron chi connectivity index (χ3n) is 3.73. The Kier molecular flexibility index (Phi) is 6.55. The number of aryl methyl sites for hydroxylation is 1. The van der Waals surface area contributed by atoms with Crippen molar-refractivity contribution in [2.45, 2.75) is 24.4 Å². The fourth-order valence-electron chi connectivity index (χ4n) is 2.37. The average Bonchev–Trinajstić information content (AvgIpc) is 2.61. The van der Waals surface area contributed by atoms with Gasteiger partial charge in [0.15, 0.2) is 0 Å². The normalized spacial score (nSPS) is 11.8. The summed E-state index contributed by atoms with van der Waals surface area (Å²) < 4.78 is 68.7. The molecule has 0 unspecified atom stereocenters. The summed E-state index contributed by atoms with van der Waals surface area (Å²) in [6.07, 6.45) is -4.72. The maximum absolute atomic E-state index is 12.5. The zero-order valence-electron chi connectivity index (χ0n) is 15.1. The van der Waals surface area contributed by atoms with Gasteiger partial charge in [0.2, 0.25) is 5.91 Å². The van der Waals surface area contributed by atoms with Gasteiger partial charge < -0.3 is 10.1 Å². The highest BCUT2D eigenvalue weighted by atomic mass is 32.2. The lowest BCUT2D eigenvalue weighted by atomic mass is 10.1. The van der Waals surface area contributed by atoms with Crippen LogP contribution in [-0.2, 0) is 21.2 Å². The van der Waals surface area contributed by atoms with Gasteiger partial charge in [0, 0.05) is 5.69 Å². The molecule has 2 N–H and O–H groups in total. The molecule has 10 heteroatoms. The number of carbonyl (C=O) groups excluding carboxylic acids is 1. The van der Waals surface area contributed by atoms with Crippen molar-refractivity contribution < 1.29 is 31.1 Å². The van der Waals surface area contributed by atoms with Gasteiger partial charge >= 0.3 is 6.18 Å². The molecule has 152 valence electrons. The molecule has 6 nitrogen and oxygen atoms in total. The van der Waals surface area contributed by atoms with Crippen molar-refractivity contribution in [2.75, 3.05) is 18.4 Å².